The number of aliphatic hydroxyl groups excluding tert-OH is 1. The Hall–Kier alpha value is -0.150. The van der Waals surface area contributed by atoms with Crippen LogP contribution in [0.3, 0.4) is 0 Å². The van der Waals surface area contributed by atoms with Crippen molar-refractivity contribution in [1.29, 1.82) is 0 Å². The van der Waals surface area contributed by atoms with Crippen LogP contribution in [-0.2, 0) is 4.74 Å². The number of rotatable bonds is 5. The van der Waals surface area contributed by atoms with Crippen LogP contribution < -0.4 is 0 Å². The Morgan fingerprint density at radius 3 is 2.78 bits per heavy atom. The van der Waals surface area contributed by atoms with E-state index in [9.17, 15) is 4.39 Å². The molecule has 1 atom stereocenters. The van der Waals surface area contributed by atoms with Gasteiger partial charge in [-0.15, -0.1) is 0 Å². The molecule has 0 aromatic heterocycles. The fourth-order valence-electron chi connectivity index (χ4n) is 0.588. The molecule has 56 valence electrons. The molecule has 0 aliphatic carbocycles. The Kier molecular flexibility index (Phi) is 5.88. The van der Waals surface area contributed by atoms with Crippen molar-refractivity contribution in [3.05, 3.63) is 0 Å². The van der Waals surface area contributed by atoms with Crippen LogP contribution in [0.15, 0.2) is 0 Å². The third-order valence-electron chi connectivity index (χ3n) is 1.03. The van der Waals surface area contributed by atoms with Gasteiger partial charge in [0, 0.05) is 7.11 Å². The zero-order valence-electron chi connectivity index (χ0n) is 5.64. The van der Waals surface area contributed by atoms with Crippen LogP contribution in [0.1, 0.15) is 12.8 Å². The molecule has 0 saturated heterocycles. The first kappa shape index (κ1) is 8.85. The van der Waals surface area contributed by atoms with Crippen molar-refractivity contribution in [2.75, 3.05) is 20.4 Å². The van der Waals surface area contributed by atoms with Crippen LogP contribution in [0.2, 0.25) is 0 Å². The van der Waals surface area contributed by atoms with E-state index in [0.29, 0.717) is 19.4 Å². The summed E-state index contributed by atoms with van der Waals surface area (Å²) in [7, 11) is 1.51. The van der Waals surface area contributed by atoms with E-state index >= 15 is 0 Å². The van der Waals surface area contributed by atoms with Crippen LogP contribution >= 0.6 is 0 Å². The van der Waals surface area contributed by atoms with Gasteiger partial charge in [0.1, 0.15) is 0 Å². The van der Waals surface area contributed by atoms with Gasteiger partial charge >= 0.3 is 0 Å². The van der Waals surface area contributed by atoms with Crippen molar-refractivity contribution in [1.82, 2.24) is 0 Å². The first-order valence-corrected chi connectivity index (χ1v) is 3.04. The van der Waals surface area contributed by atoms with Gasteiger partial charge in [-0.1, -0.05) is 0 Å². The standard InChI is InChI=1S/C6H13FO2/c1-9-5-6(8)3-2-4-7/h6,8H,2-5H2,1H3. The third-order valence-corrected chi connectivity index (χ3v) is 1.03. The summed E-state index contributed by atoms with van der Waals surface area (Å²) in [4.78, 5) is 0. The van der Waals surface area contributed by atoms with E-state index in [2.05, 4.69) is 4.74 Å². The summed E-state index contributed by atoms with van der Waals surface area (Å²) in [6.07, 6.45) is 0.417. The van der Waals surface area contributed by atoms with E-state index in [1.54, 1.807) is 0 Å². The highest BCUT2D eigenvalue weighted by molar-refractivity contribution is 4.51. The molecule has 0 spiro atoms. The monoisotopic (exact) mass is 136 g/mol. The molecule has 1 unspecified atom stereocenters. The van der Waals surface area contributed by atoms with E-state index in [4.69, 9.17) is 5.11 Å². The number of aliphatic hydroxyl groups is 1. The van der Waals surface area contributed by atoms with E-state index < -0.39 is 6.10 Å². The zero-order valence-corrected chi connectivity index (χ0v) is 5.64. The van der Waals surface area contributed by atoms with E-state index in [-0.39, 0.29) is 6.67 Å². The lowest BCUT2D eigenvalue weighted by molar-refractivity contribution is 0.0568. The molecule has 0 radical (unpaired) electrons. The van der Waals surface area contributed by atoms with Gasteiger partial charge in [-0.3, -0.25) is 4.39 Å². The summed E-state index contributed by atoms with van der Waals surface area (Å²) in [5, 5.41) is 8.89. The van der Waals surface area contributed by atoms with E-state index in [0.717, 1.165) is 0 Å². The maximum atomic E-state index is 11.4. The van der Waals surface area contributed by atoms with Crippen molar-refractivity contribution in [3.8, 4) is 0 Å². The average molecular weight is 136 g/mol. The third kappa shape index (κ3) is 5.73. The van der Waals surface area contributed by atoms with Crippen molar-refractivity contribution in [2.24, 2.45) is 0 Å². The first-order valence-electron chi connectivity index (χ1n) is 3.04. The maximum Gasteiger partial charge on any atom is 0.0895 e. The van der Waals surface area contributed by atoms with Gasteiger partial charge < -0.3 is 9.84 Å². The normalized spacial score (nSPS) is 13.7. The molecule has 3 heteroatoms. The van der Waals surface area contributed by atoms with E-state index in [1.807, 2.05) is 0 Å². The molecule has 0 fully saturated rings. The minimum atomic E-state index is -0.495. The molecule has 0 bridgehead atoms. The number of hydrogen-bond acceptors (Lipinski definition) is 2. The quantitative estimate of drug-likeness (QED) is 0.604. The SMILES string of the molecule is COCC(O)CCCF. The Morgan fingerprint density at radius 2 is 2.33 bits per heavy atom. The average Bonchev–Trinajstić information content (AvgIpc) is 1.85. The molecular weight excluding hydrogens is 123 g/mol. The number of halogens is 1. The fraction of sp³-hybridized carbons (Fsp3) is 1.00. The molecule has 1 N–H and O–H groups in total. The minimum absolute atomic E-state index is 0.306. The van der Waals surface area contributed by atoms with Gasteiger partial charge in [-0.2, -0.15) is 0 Å². The minimum Gasteiger partial charge on any atom is -0.391 e. The number of alkyl halides is 1. The predicted octanol–water partition coefficient (Wildman–Crippen LogP) is 0.743. The first-order chi connectivity index (χ1) is 4.31. The summed E-state index contributed by atoms with van der Waals surface area (Å²) >= 11 is 0. The smallest absolute Gasteiger partial charge is 0.0895 e. The molecule has 0 aliphatic heterocycles. The highest BCUT2D eigenvalue weighted by Crippen LogP contribution is 1.96. The van der Waals surface area contributed by atoms with Gasteiger partial charge in [-0.05, 0) is 12.8 Å². The Balaban J connectivity index is 2.95. The Morgan fingerprint density at radius 1 is 1.67 bits per heavy atom. The van der Waals surface area contributed by atoms with E-state index in [1.165, 1.54) is 7.11 Å². The molecule has 0 aromatic carbocycles. The summed E-state index contributed by atoms with van der Waals surface area (Å²) in [5.74, 6) is 0. The molecule has 0 aliphatic rings. The lowest BCUT2D eigenvalue weighted by Gasteiger charge is -2.05. The van der Waals surface area contributed by atoms with Crippen LogP contribution in [0.5, 0.6) is 0 Å². The molecule has 0 heterocycles. The van der Waals surface area contributed by atoms with Gasteiger partial charge in [0.25, 0.3) is 0 Å². The number of methoxy groups -OCH3 is 1. The van der Waals surface area contributed by atoms with Crippen LogP contribution in [0, 0.1) is 0 Å². The van der Waals surface area contributed by atoms with Crippen LogP contribution in [-0.4, -0.2) is 31.6 Å². The lowest BCUT2D eigenvalue weighted by Crippen LogP contribution is -2.13. The zero-order chi connectivity index (χ0) is 7.11. The molecule has 0 rings (SSSR count). The second kappa shape index (κ2) is 5.98. The summed E-state index contributed by atoms with van der Waals surface area (Å²) in [6.45, 7) is -0.0548. The molecule has 9 heavy (non-hydrogen) atoms. The van der Waals surface area contributed by atoms with Crippen molar-refractivity contribution in [3.63, 3.8) is 0 Å². The lowest BCUT2D eigenvalue weighted by atomic mass is 10.2. The van der Waals surface area contributed by atoms with Gasteiger partial charge in [0.2, 0.25) is 0 Å². The highest BCUT2D eigenvalue weighted by atomic mass is 19.1. The summed E-state index contributed by atoms with van der Waals surface area (Å²) < 4.78 is 16.1. The van der Waals surface area contributed by atoms with Crippen LogP contribution in [0.4, 0.5) is 4.39 Å². The van der Waals surface area contributed by atoms with Crippen molar-refractivity contribution < 1.29 is 14.2 Å². The van der Waals surface area contributed by atoms with Gasteiger partial charge in [-0.25, -0.2) is 0 Å². The topological polar surface area (TPSA) is 29.5 Å². The molecule has 0 amide bonds. The maximum absolute atomic E-state index is 11.4. The largest absolute Gasteiger partial charge is 0.391 e. The highest BCUT2D eigenvalue weighted by Gasteiger charge is 2.00. The van der Waals surface area contributed by atoms with Crippen molar-refractivity contribution in [2.45, 2.75) is 18.9 Å². The molecule has 2 nitrogen and oxygen atoms in total. The predicted molar refractivity (Wildman–Crippen MR) is 33.1 cm³/mol. The van der Waals surface area contributed by atoms with Crippen LogP contribution in [0.25, 0.3) is 0 Å². The summed E-state index contributed by atoms with van der Waals surface area (Å²) in [6, 6.07) is 0. The molecule has 0 saturated carbocycles. The number of hydrogen-bond donors (Lipinski definition) is 1. The second-order valence-electron chi connectivity index (χ2n) is 1.94. The van der Waals surface area contributed by atoms with Gasteiger partial charge in [0.05, 0.1) is 19.4 Å². The summed E-state index contributed by atoms with van der Waals surface area (Å²) in [5.41, 5.74) is 0. The molecule has 0 aromatic rings. The van der Waals surface area contributed by atoms with Crippen molar-refractivity contribution >= 4 is 0 Å². The Labute approximate surface area is 54.6 Å². The number of ether oxygens (including phenoxy) is 1. The second-order valence-corrected chi connectivity index (χ2v) is 1.94. The fourth-order valence-corrected chi connectivity index (χ4v) is 0.588. The van der Waals surface area contributed by atoms with Gasteiger partial charge in [0.15, 0.2) is 0 Å². The molecular formula is C6H13FO2. The Bertz CT molecular complexity index is 59.0.